The molecule has 0 aliphatic carbocycles. The highest BCUT2D eigenvalue weighted by Gasteiger charge is 2.11. The van der Waals surface area contributed by atoms with Crippen LogP contribution in [0, 0.1) is 5.92 Å². The summed E-state index contributed by atoms with van der Waals surface area (Å²) in [5.41, 5.74) is 0.563. The number of carbonyl (C=O) groups excluding carboxylic acids is 1. The maximum absolute atomic E-state index is 11.9. The number of rotatable bonds is 5. The molecule has 0 spiro atoms. The fourth-order valence-corrected chi connectivity index (χ4v) is 2.92. The van der Waals surface area contributed by atoms with Crippen LogP contribution >= 0.6 is 31.9 Å². The predicted molar refractivity (Wildman–Crippen MR) is 79.6 cm³/mol. The van der Waals surface area contributed by atoms with Crippen molar-refractivity contribution in [1.82, 2.24) is 5.32 Å². The minimum Gasteiger partial charge on any atom is -0.391 e. The summed E-state index contributed by atoms with van der Waals surface area (Å²) in [5, 5.41) is 12.4. The second-order valence-electron chi connectivity index (χ2n) is 4.65. The van der Waals surface area contributed by atoms with Crippen LogP contribution in [0.4, 0.5) is 0 Å². The van der Waals surface area contributed by atoms with E-state index in [0.717, 1.165) is 8.95 Å². The molecule has 0 aliphatic heterocycles. The van der Waals surface area contributed by atoms with Crippen LogP contribution in [-0.2, 0) is 0 Å². The number of halogens is 2. The molecule has 0 heterocycles. The quantitative estimate of drug-likeness (QED) is 0.825. The minimum atomic E-state index is -0.496. The van der Waals surface area contributed by atoms with Crippen LogP contribution in [0.3, 0.4) is 0 Å². The van der Waals surface area contributed by atoms with Gasteiger partial charge < -0.3 is 10.4 Å². The van der Waals surface area contributed by atoms with E-state index in [0.29, 0.717) is 17.9 Å². The highest BCUT2D eigenvalue weighted by atomic mass is 79.9. The number of amides is 1. The third kappa shape index (κ3) is 5.50. The Hall–Kier alpha value is -0.390. The number of aliphatic hydroxyl groups is 1. The second kappa shape index (κ2) is 7.26. The lowest BCUT2D eigenvalue weighted by molar-refractivity contribution is 0.0900. The molecular weight excluding hydrogens is 362 g/mol. The van der Waals surface area contributed by atoms with Crippen molar-refractivity contribution >= 4 is 37.8 Å². The van der Waals surface area contributed by atoms with E-state index in [-0.39, 0.29) is 12.5 Å². The number of benzene rings is 1. The Morgan fingerprint density at radius 2 is 1.83 bits per heavy atom. The molecule has 100 valence electrons. The van der Waals surface area contributed by atoms with Crippen molar-refractivity contribution in [2.45, 2.75) is 26.4 Å². The molecule has 0 fully saturated rings. The summed E-state index contributed by atoms with van der Waals surface area (Å²) in [6.07, 6.45) is 0.187. The van der Waals surface area contributed by atoms with Gasteiger partial charge in [-0.3, -0.25) is 4.79 Å². The Balaban J connectivity index is 2.55. The van der Waals surface area contributed by atoms with Crippen LogP contribution in [0.2, 0.25) is 0 Å². The lowest BCUT2D eigenvalue weighted by Gasteiger charge is -2.14. The lowest BCUT2D eigenvalue weighted by atomic mass is 10.1. The maximum Gasteiger partial charge on any atom is 0.251 e. The minimum absolute atomic E-state index is 0.181. The molecule has 18 heavy (non-hydrogen) atoms. The fourth-order valence-electron chi connectivity index (χ4n) is 1.62. The molecule has 0 aromatic heterocycles. The van der Waals surface area contributed by atoms with Crippen molar-refractivity contribution in [2.24, 2.45) is 5.92 Å². The van der Waals surface area contributed by atoms with Gasteiger partial charge in [0.2, 0.25) is 0 Å². The van der Waals surface area contributed by atoms with E-state index in [1.807, 2.05) is 19.9 Å². The third-order valence-electron chi connectivity index (χ3n) is 2.37. The summed E-state index contributed by atoms with van der Waals surface area (Å²) in [5.74, 6) is 0.233. The Morgan fingerprint density at radius 1 is 1.28 bits per heavy atom. The van der Waals surface area contributed by atoms with Gasteiger partial charge in [0, 0.05) is 21.1 Å². The molecule has 1 rings (SSSR count). The summed E-state index contributed by atoms with van der Waals surface area (Å²) in [6.45, 7) is 4.36. The molecule has 0 saturated heterocycles. The van der Waals surface area contributed by atoms with Crippen LogP contribution in [0.5, 0.6) is 0 Å². The van der Waals surface area contributed by atoms with E-state index in [1.54, 1.807) is 12.1 Å². The largest absolute Gasteiger partial charge is 0.391 e. The second-order valence-corrected chi connectivity index (χ2v) is 6.48. The summed E-state index contributed by atoms with van der Waals surface area (Å²) >= 11 is 6.67. The molecular formula is C13H17Br2NO2. The average molecular weight is 379 g/mol. The number of aliphatic hydroxyl groups excluding tert-OH is 1. The normalized spacial score (nSPS) is 12.6. The summed E-state index contributed by atoms with van der Waals surface area (Å²) in [4.78, 5) is 11.9. The van der Waals surface area contributed by atoms with Crippen molar-refractivity contribution in [1.29, 1.82) is 0 Å². The summed E-state index contributed by atoms with van der Waals surface area (Å²) in [6, 6.07) is 5.36. The molecule has 0 bridgehead atoms. The Bertz CT molecular complexity index is 401. The van der Waals surface area contributed by atoms with Gasteiger partial charge in [-0.2, -0.15) is 0 Å². The molecule has 0 saturated carbocycles. The Kier molecular flexibility index (Phi) is 6.32. The monoisotopic (exact) mass is 377 g/mol. The molecule has 1 amide bonds. The average Bonchev–Trinajstić information content (AvgIpc) is 2.23. The van der Waals surface area contributed by atoms with E-state index in [4.69, 9.17) is 0 Å². The molecule has 5 heteroatoms. The Labute approximate surface area is 124 Å². The van der Waals surface area contributed by atoms with Gasteiger partial charge in [0.25, 0.3) is 5.91 Å². The van der Waals surface area contributed by atoms with Gasteiger partial charge in [-0.1, -0.05) is 45.7 Å². The van der Waals surface area contributed by atoms with Crippen molar-refractivity contribution in [2.75, 3.05) is 6.54 Å². The van der Waals surface area contributed by atoms with Crippen molar-refractivity contribution in [3.63, 3.8) is 0 Å². The van der Waals surface area contributed by atoms with E-state index < -0.39 is 6.10 Å². The van der Waals surface area contributed by atoms with E-state index in [1.165, 1.54) is 0 Å². The highest BCUT2D eigenvalue weighted by molar-refractivity contribution is 9.11. The van der Waals surface area contributed by atoms with Gasteiger partial charge >= 0.3 is 0 Å². The first-order valence-corrected chi connectivity index (χ1v) is 7.39. The van der Waals surface area contributed by atoms with Crippen molar-refractivity contribution < 1.29 is 9.90 Å². The fraction of sp³-hybridized carbons (Fsp3) is 0.462. The first kappa shape index (κ1) is 15.7. The third-order valence-corrected chi connectivity index (χ3v) is 3.28. The Morgan fingerprint density at radius 3 is 2.33 bits per heavy atom. The zero-order valence-corrected chi connectivity index (χ0v) is 13.6. The zero-order chi connectivity index (χ0) is 13.7. The van der Waals surface area contributed by atoms with Gasteiger partial charge in [0.05, 0.1) is 6.10 Å². The molecule has 1 unspecified atom stereocenters. The molecule has 0 radical (unpaired) electrons. The summed E-state index contributed by atoms with van der Waals surface area (Å²) in [7, 11) is 0. The number of hydrogen-bond acceptors (Lipinski definition) is 2. The van der Waals surface area contributed by atoms with Gasteiger partial charge in [-0.15, -0.1) is 0 Å². The zero-order valence-electron chi connectivity index (χ0n) is 10.4. The molecule has 1 aromatic rings. The topological polar surface area (TPSA) is 49.3 Å². The van der Waals surface area contributed by atoms with Crippen LogP contribution < -0.4 is 5.32 Å². The van der Waals surface area contributed by atoms with Crippen LogP contribution in [0.1, 0.15) is 30.6 Å². The number of hydrogen-bond donors (Lipinski definition) is 2. The van der Waals surface area contributed by atoms with E-state index in [9.17, 15) is 9.90 Å². The van der Waals surface area contributed by atoms with Gasteiger partial charge in [-0.25, -0.2) is 0 Å². The summed E-state index contributed by atoms with van der Waals surface area (Å²) < 4.78 is 1.68. The molecule has 0 aliphatic rings. The molecule has 1 atom stereocenters. The van der Waals surface area contributed by atoms with Crippen molar-refractivity contribution in [3.05, 3.63) is 32.7 Å². The van der Waals surface area contributed by atoms with Crippen LogP contribution in [0.15, 0.2) is 27.1 Å². The molecule has 2 N–H and O–H groups in total. The van der Waals surface area contributed by atoms with Gasteiger partial charge in [0.1, 0.15) is 0 Å². The van der Waals surface area contributed by atoms with Crippen molar-refractivity contribution in [3.8, 4) is 0 Å². The predicted octanol–water partition coefficient (Wildman–Crippen LogP) is 3.35. The first-order chi connectivity index (χ1) is 8.38. The number of nitrogens with one attached hydrogen (secondary N) is 1. The van der Waals surface area contributed by atoms with Gasteiger partial charge in [-0.05, 0) is 30.5 Å². The maximum atomic E-state index is 11.9. The first-order valence-electron chi connectivity index (χ1n) is 5.81. The van der Waals surface area contributed by atoms with Crippen LogP contribution in [0.25, 0.3) is 0 Å². The van der Waals surface area contributed by atoms with Gasteiger partial charge in [0.15, 0.2) is 0 Å². The lowest BCUT2D eigenvalue weighted by Crippen LogP contribution is -2.32. The highest BCUT2D eigenvalue weighted by Crippen LogP contribution is 2.20. The van der Waals surface area contributed by atoms with E-state index >= 15 is 0 Å². The van der Waals surface area contributed by atoms with E-state index in [2.05, 4.69) is 37.2 Å². The standard InChI is InChI=1S/C13H17Br2NO2/c1-8(2)3-12(17)7-16-13(18)9-4-10(14)6-11(15)5-9/h4-6,8,12,17H,3,7H2,1-2H3,(H,16,18). The van der Waals surface area contributed by atoms with Crippen LogP contribution in [-0.4, -0.2) is 23.7 Å². The SMILES string of the molecule is CC(C)CC(O)CNC(=O)c1cc(Br)cc(Br)c1. The molecule has 1 aromatic carbocycles. The number of carbonyl (C=O) groups is 1. The molecule has 3 nitrogen and oxygen atoms in total. The smallest absolute Gasteiger partial charge is 0.251 e.